The average molecular weight is 176 g/mol. The van der Waals surface area contributed by atoms with Crippen LogP contribution in [-0.2, 0) is 11.3 Å². The number of hydrogen-bond donors (Lipinski definition) is 0. The summed E-state index contributed by atoms with van der Waals surface area (Å²) in [5, 5.41) is 3.90. The van der Waals surface area contributed by atoms with Crippen LogP contribution in [0, 0.1) is 6.92 Å². The number of halogens is 2. The molecule has 0 amide bonds. The van der Waals surface area contributed by atoms with E-state index in [4.69, 9.17) is 0 Å². The van der Waals surface area contributed by atoms with Gasteiger partial charge < -0.3 is 4.74 Å². The van der Waals surface area contributed by atoms with E-state index < -0.39 is 6.61 Å². The van der Waals surface area contributed by atoms with Gasteiger partial charge in [-0.1, -0.05) is 0 Å². The zero-order valence-corrected chi connectivity index (χ0v) is 6.70. The van der Waals surface area contributed by atoms with Crippen molar-refractivity contribution >= 4 is 0 Å². The Labute approximate surface area is 68.9 Å². The number of rotatable bonds is 4. The third-order valence-corrected chi connectivity index (χ3v) is 1.33. The van der Waals surface area contributed by atoms with E-state index in [0.29, 0.717) is 6.54 Å². The van der Waals surface area contributed by atoms with Gasteiger partial charge in [-0.3, -0.25) is 4.68 Å². The fourth-order valence-corrected chi connectivity index (χ4v) is 0.825. The molecule has 0 saturated heterocycles. The molecule has 0 fully saturated rings. The van der Waals surface area contributed by atoms with E-state index in [1.165, 1.54) is 0 Å². The summed E-state index contributed by atoms with van der Waals surface area (Å²) >= 11 is 0. The van der Waals surface area contributed by atoms with Crippen LogP contribution in [0.4, 0.5) is 8.78 Å². The zero-order chi connectivity index (χ0) is 8.97. The summed E-state index contributed by atoms with van der Waals surface area (Å²) in [6, 6.07) is 0. The van der Waals surface area contributed by atoms with Crippen LogP contribution in [-0.4, -0.2) is 23.0 Å². The molecule has 0 bridgehead atoms. The average Bonchev–Trinajstić information content (AvgIpc) is 2.35. The van der Waals surface area contributed by atoms with Crippen molar-refractivity contribution in [2.45, 2.75) is 20.1 Å². The molecular formula is C7H10F2N2O. The second-order valence-electron chi connectivity index (χ2n) is 2.41. The SMILES string of the molecule is Cc1cnn(CCOC(F)F)c1. The van der Waals surface area contributed by atoms with Crippen LogP contribution in [0.1, 0.15) is 5.56 Å². The van der Waals surface area contributed by atoms with Gasteiger partial charge in [-0.05, 0) is 12.5 Å². The van der Waals surface area contributed by atoms with Gasteiger partial charge in [0.2, 0.25) is 0 Å². The standard InChI is InChI=1S/C7H10F2N2O/c1-6-4-10-11(5-6)2-3-12-7(8)9/h4-5,7H,2-3H2,1H3. The van der Waals surface area contributed by atoms with E-state index in [-0.39, 0.29) is 6.61 Å². The van der Waals surface area contributed by atoms with Gasteiger partial charge in [0, 0.05) is 6.20 Å². The van der Waals surface area contributed by atoms with Crippen LogP contribution in [0.2, 0.25) is 0 Å². The normalized spacial score (nSPS) is 11.0. The van der Waals surface area contributed by atoms with Gasteiger partial charge in [-0.25, -0.2) is 0 Å². The Morgan fingerprint density at radius 3 is 2.92 bits per heavy atom. The van der Waals surface area contributed by atoms with Gasteiger partial charge in [0.25, 0.3) is 0 Å². The number of aromatic nitrogens is 2. The largest absolute Gasteiger partial charge is 0.345 e. The van der Waals surface area contributed by atoms with Crippen LogP contribution in [0.25, 0.3) is 0 Å². The minimum absolute atomic E-state index is 0.0151. The van der Waals surface area contributed by atoms with Crippen LogP contribution >= 0.6 is 0 Å². The van der Waals surface area contributed by atoms with Gasteiger partial charge in [0.1, 0.15) is 0 Å². The molecule has 1 heterocycles. The lowest BCUT2D eigenvalue weighted by Gasteiger charge is -2.01. The first kappa shape index (κ1) is 9.12. The van der Waals surface area contributed by atoms with Crippen LogP contribution in [0.5, 0.6) is 0 Å². The van der Waals surface area contributed by atoms with Crippen molar-refractivity contribution in [1.29, 1.82) is 0 Å². The number of ether oxygens (including phenoxy) is 1. The molecule has 0 aliphatic carbocycles. The summed E-state index contributed by atoms with van der Waals surface area (Å²) in [5.74, 6) is 0. The highest BCUT2D eigenvalue weighted by molar-refractivity contribution is 4.99. The molecule has 0 spiro atoms. The topological polar surface area (TPSA) is 27.1 Å². The van der Waals surface area contributed by atoms with Crippen LogP contribution < -0.4 is 0 Å². The van der Waals surface area contributed by atoms with Crippen molar-refractivity contribution in [1.82, 2.24) is 9.78 Å². The molecule has 1 rings (SSSR count). The molecule has 0 N–H and O–H groups in total. The molecule has 3 nitrogen and oxygen atoms in total. The lowest BCUT2D eigenvalue weighted by molar-refractivity contribution is -0.130. The van der Waals surface area contributed by atoms with Crippen LogP contribution in [0.15, 0.2) is 12.4 Å². The van der Waals surface area contributed by atoms with Gasteiger partial charge in [-0.15, -0.1) is 0 Å². The predicted molar refractivity (Wildman–Crippen MR) is 38.9 cm³/mol. The summed E-state index contributed by atoms with van der Waals surface area (Å²) in [6.45, 7) is -0.462. The monoisotopic (exact) mass is 176 g/mol. The molecule has 0 atom stereocenters. The molecule has 0 aliphatic rings. The Hall–Kier alpha value is -0.970. The maximum atomic E-state index is 11.5. The highest BCUT2D eigenvalue weighted by Crippen LogP contribution is 1.97. The minimum Gasteiger partial charge on any atom is -0.321 e. The van der Waals surface area contributed by atoms with Gasteiger partial charge in [0.05, 0.1) is 19.3 Å². The van der Waals surface area contributed by atoms with Crippen molar-refractivity contribution in [3.63, 3.8) is 0 Å². The first-order chi connectivity index (χ1) is 5.68. The van der Waals surface area contributed by atoms with Crippen molar-refractivity contribution < 1.29 is 13.5 Å². The maximum absolute atomic E-state index is 11.5. The fourth-order valence-electron chi connectivity index (χ4n) is 0.825. The van der Waals surface area contributed by atoms with Gasteiger partial charge in [-0.2, -0.15) is 13.9 Å². The quantitative estimate of drug-likeness (QED) is 0.693. The first-order valence-corrected chi connectivity index (χ1v) is 3.57. The number of nitrogens with zero attached hydrogens (tertiary/aromatic N) is 2. The van der Waals surface area contributed by atoms with E-state index in [1.54, 1.807) is 17.1 Å². The Kier molecular flexibility index (Phi) is 3.16. The molecule has 5 heteroatoms. The first-order valence-electron chi connectivity index (χ1n) is 3.57. The Morgan fingerprint density at radius 2 is 2.42 bits per heavy atom. The number of aryl methyl sites for hydroxylation is 1. The van der Waals surface area contributed by atoms with Crippen molar-refractivity contribution in [2.24, 2.45) is 0 Å². The molecule has 0 unspecified atom stereocenters. The number of alkyl halides is 2. The van der Waals surface area contributed by atoms with Crippen LogP contribution in [0.3, 0.4) is 0 Å². The predicted octanol–water partition coefficient (Wildman–Crippen LogP) is 1.43. The smallest absolute Gasteiger partial charge is 0.321 e. The van der Waals surface area contributed by atoms with E-state index in [0.717, 1.165) is 5.56 Å². The zero-order valence-electron chi connectivity index (χ0n) is 6.70. The van der Waals surface area contributed by atoms with E-state index in [1.807, 2.05) is 6.92 Å². The maximum Gasteiger partial charge on any atom is 0.345 e. The third-order valence-electron chi connectivity index (χ3n) is 1.33. The minimum atomic E-state index is -2.69. The van der Waals surface area contributed by atoms with E-state index in [9.17, 15) is 8.78 Å². The Bertz CT molecular complexity index is 237. The van der Waals surface area contributed by atoms with Crippen molar-refractivity contribution in [3.05, 3.63) is 18.0 Å². The molecule has 1 aromatic rings. The summed E-state index contributed by atoms with van der Waals surface area (Å²) in [7, 11) is 0. The molecule has 12 heavy (non-hydrogen) atoms. The second kappa shape index (κ2) is 4.15. The third kappa shape index (κ3) is 2.96. The summed E-state index contributed by atoms with van der Waals surface area (Å²) < 4.78 is 28.6. The molecule has 0 saturated carbocycles. The highest BCUT2D eigenvalue weighted by atomic mass is 19.3. The van der Waals surface area contributed by atoms with E-state index in [2.05, 4.69) is 9.84 Å². The molecule has 0 aliphatic heterocycles. The molecule has 1 aromatic heterocycles. The summed E-state index contributed by atoms with van der Waals surface area (Å²) in [5.41, 5.74) is 1.01. The molecule has 0 radical (unpaired) electrons. The lowest BCUT2D eigenvalue weighted by atomic mass is 10.4. The summed E-state index contributed by atoms with van der Waals surface area (Å²) in [6.07, 6.45) is 3.44. The molecule has 68 valence electrons. The lowest BCUT2D eigenvalue weighted by Crippen LogP contribution is -2.09. The van der Waals surface area contributed by atoms with Crippen molar-refractivity contribution in [2.75, 3.05) is 6.61 Å². The summed E-state index contributed by atoms with van der Waals surface area (Å²) in [4.78, 5) is 0. The van der Waals surface area contributed by atoms with Gasteiger partial charge in [0.15, 0.2) is 0 Å². The molecule has 0 aromatic carbocycles. The highest BCUT2D eigenvalue weighted by Gasteiger charge is 2.00. The Balaban J connectivity index is 2.24. The second-order valence-corrected chi connectivity index (χ2v) is 2.41. The number of hydrogen-bond acceptors (Lipinski definition) is 2. The van der Waals surface area contributed by atoms with E-state index >= 15 is 0 Å². The Morgan fingerprint density at radius 1 is 1.67 bits per heavy atom. The fraction of sp³-hybridized carbons (Fsp3) is 0.571. The van der Waals surface area contributed by atoms with Gasteiger partial charge >= 0.3 is 6.61 Å². The van der Waals surface area contributed by atoms with Crippen molar-refractivity contribution in [3.8, 4) is 0 Å². The molecular weight excluding hydrogens is 166 g/mol.